The van der Waals surface area contributed by atoms with Crippen LogP contribution >= 0.6 is 0 Å². The number of nitrogens with zero attached hydrogens (tertiary/aromatic N) is 6. The average molecular weight is 747 g/mol. The zero-order chi connectivity index (χ0) is 37.7. The summed E-state index contributed by atoms with van der Waals surface area (Å²) in [7, 11) is -3.66. The summed E-state index contributed by atoms with van der Waals surface area (Å²) in [5.41, 5.74) is 2.72. The zero-order valence-corrected chi connectivity index (χ0v) is 30.8. The first kappa shape index (κ1) is 37.5. The minimum atomic E-state index is -3.66. The van der Waals surface area contributed by atoms with Gasteiger partial charge in [0.2, 0.25) is 21.7 Å². The molecule has 4 atom stereocenters. The molecule has 53 heavy (non-hydrogen) atoms. The van der Waals surface area contributed by atoms with Crippen LogP contribution in [0.15, 0.2) is 71.5 Å². The van der Waals surface area contributed by atoms with Crippen molar-refractivity contribution < 1.29 is 36.7 Å². The number of nitrogens with one attached hydrogen (secondary N) is 2. The number of ether oxygens (including phenoxy) is 3. The van der Waals surface area contributed by atoms with Gasteiger partial charge in [-0.1, -0.05) is 86.6 Å². The smallest absolute Gasteiger partial charge is 0.303 e. The van der Waals surface area contributed by atoms with Crippen molar-refractivity contribution in [2.75, 3.05) is 17.6 Å². The summed E-state index contributed by atoms with van der Waals surface area (Å²) in [6.45, 7) is 8.10. The zero-order valence-electron chi connectivity index (χ0n) is 30.0. The topological polar surface area (TPSA) is 203 Å². The normalized spacial score (nSPS) is 18.8. The summed E-state index contributed by atoms with van der Waals surface area (Å²) in [6.07, 6.45) is -2.69. The lowest BCUT2D eigenvalue weighted by Gasteiger charge is -2.23. The Labute approximate surface area is 306 Å². The third-order valence-electron chi connectivity index (χ3n) is 8.46. The second kappa shape index (κ2) is 16.2. The van der Waals surface area contributed by atoms with Crippen molar-refractivity contribution >= 4 is 38.9 Å². The molecule has 6 rings (SSSR count). The number of rotatable bonds is 15. The van der Waals surface area contributed by atoms with Gasteiger partial charge in [-0.25, -0.2) is 28.1 Å². The number of hydrogen-bond donors (Lipinski definition) is 2. The molecule has 1 aliphatic rings. The summed E-state index contributed by atoms with van der Waals surface area (Å²) >= 11 is 0. The van der Waals surface area contributed by atoms with E-state index in [9.17, 15) is 18.0 Å². The molecule has 1 saturated heterocycles. The molecule has 2 N–H and O–H groups in total. The van der Waals surface area contributed by atoms with E-state index in [1.807, 2.05) is 81.4 Å². The molecular formula is C36H42N8O8S. The lowest BCUT2D eigenvalue weighted by molar-refractivity contribution is -0.165. The Morgan fingerprint density at radius 1 is 0.925 bits per heavy atom. The van der Waals surface area contributed by atoms with Crippen molar-refractivity contribution in [3.05, 3.63) is 95.7 Å². The number of carbonyl (C=O) groups excluding carboxylic acids is 2. The number of sulfonamides is 1. The maximum absolute atomic E-state index is 12.9. The minimum absolute atomic E-state index is 0.0805. The molecule has 5 aromatic rings. The molecule has 0 amide bonds. The molecule has 0 saturated carbocycles. The van der Waals surface area contributed by atoms with Crippen molar-refractivity contribution in [1.82, 2.24) is 34.4 Å². The van der Waals surface area contributed by atoms with Gasteiger partial charge in [0.1, 0.15) is 5.82 Å². The van der Waals surface area contributed by atoms with E-state index in [4.69, 9.17) is 28.7 Å². The van der Waals surface area contributed by atoms with Crippen LogP contribution in [0.1, 0.15) is 81.5 Å². The molecule has 1 fully saturated rings. The van der Waals surface area contributed by atoms with E-state index < -0.39 is 46.5 Å². The summed E-state index contributed by atoms with van der Waals surface area (Å²) in [4.78, 5) is 43.3. The van der Waals surface area contributed by atoms with Crippen LogP contribution in [0.3, 0.4) is 0 Å². The maximum Gasteiger partial charge on any atom is 0.303 e. The molecule has 16 nitrogen and oxygen atoms in total. The predicted molar refractivity (Wildman–Crippen MR) is 192 cm³/mol. The fourth-order valence-electron chi connectivity index (χ4n) is 6.26. The molecule has 4 heterocycles. The highest BCUT2D eigenvalue weighted by Gasteiger charge is 2.53. The van der Waals surface area contributed by atoms with E-state index in [-0.39, 0.29) is 41.4 Å². The second-order valence-corrected chi connectivity index (χ2v) is 14.9. The van der Waals surface area contributed by atoms with E-state index >= 15 is 0 Å². The maximum atomic E-state index is 12.9. The summed E-state index contributed by atoms with van der Waals surface area (Å²) in [6, 6.07) is 20.0. The SMILES string of the molecule is CCc1nc(C2OC(n3cnc4c(NCC(c5ccccc5)c5ccccc5)nc(CNS(=O)(=O)CC(C)C)nc43)C(OC(C)=O)C2OC(C)=O)no1. The first-order valence-electron chi connectivity index (χ1n) is 17.3. The quantitative estimate of drug-likeness (QED) is 0.144. The van der Waals surface area contributed by atoms with Crippen molar-refractivity contribution in [2.45, 2.75) is 78.0 Å². The third-order valence-corrected chi connectivity index (χ3v) is 10.1. The second-order valence-electron chi connectivity index (χ2n) is 13.1. The van der Waals surface area contributed by atoms with Crippen LogP contribution in [0.5, 0.6) is 0 Å². The van der Waals surface area contributed by atoms with E-state index in [0.717, 1.165) is 11.1 Å². The first-order valence-corrected chi connectivity index (χ1v) is 18.9. The number of esters is 2. The highest BCUT2D eigenvalue weighted by molar-refractivity contribution is 7.89. The van der Waals surface area contributed by atoms with Crippen LogP contribution in [-0.4, -0.2) is 74.5 Å². The average Bonchev–Trinajstić information content (AvgIpc) is 3.85. The Hall–Kier alpha value is -5.26. The van der Waals surface area contributed by atoms with E-state index in [2.05, 4.69) is 25.2 Å². The number of anilines is 1. The molecule has 0 spiro atoms. The summed E-state index contributed by atoms with van der Waals surface area (Å²) in [5.74, 6) is -0.655. The van der Waals surface area contributed by atoms with Crippen LogP contribution in [0, 0.1) is 5.92 Å². The van der Waals surface area contributed by atoms with Gasteiger partial charge in [0.25, 0.3) is 0 Å². The van der Waals surface area contributed by atoms with Crippen molar-refractivity contribution in [2.24, 2.45) is 5.92 Å². The Balaban J connectivity index is 1.43. The Morgan fingerprint density at radius 2 is 1.57 bits per heavy atom. The lowest BCUT2D eigenvalue weighted by atomic mass is 9.91. The molecule has 280 valence electrons. The largest absolute Gasteiger partial charge is 0.455 e. The summed E-state index contributed by atoms with van der Waals surface area (Å²) < 4.78 is 53.0. The Bertz CT molecular complexity index is 2100. The third kappa shape index (κ3) is 8.86. The van der Waals surface area contributed by atoms with Gasteiger partial charge in [-0.05, 0) is 17.0 Å². The van der Waals surface area contributed by atoms with Gasteiger partial charge in [0, 0.05) is 32.7 Å². The van der Waals surface area contributed by atoms with Gasteiger partial charge in [-0.2, -0.15) is 4.98 Å². The molecule has 17 heteroatoms. The van der Waals surface area contributed by atoms with E-state index in [1.54, 1.807) is 0 Å². The van der Waals surface area contributed by atoms with E-state index in [1.165, 1.54) is 24.7 Å². The van der Waals surface area contributed by atoms with Crippen LogP contribution in [-0.2, 0) is 46.8 Å². The number of hydrogen-bond acceptors (Lipinski definition) is 14. The molecule has 1 aliphatic heterocycles. The Kier molecular flexibility index (Phi) is 11.4. The monoisotopic (exact) mass is 746 g/mol. The van der Waals surface area contributed by atoms with Crippen LogP contribution in [0.4, 0.5) is 5.82 Å². The van der Waals surface area contributed by atoms with Crippen molar-refractivity contribution in [3.63, 3.8) is 0 Å². The molecule has 2 aromatic carbocycles. The van der Waals surface area contributed by atoms with E-state index in [0.29, 0.717) is 30.2 Å². The van der Waals surface area contributed by atoms with Crippen molar-refractivity contribution in [3.8, 4) is 0 Å². The number of benzene rings is 2. The lowest BCUT2D eigenvalue weighted by Crippen LogP contribution is -2.37. The van der Waals surface area contributed by atoms with Gasteiger partial charge in [-0.3, -0.25) is 14.2 Å². The van der Waals surface area contributed by atoms with Gasteiger partial charge < -0.3 is 24.1 Å². The Morgan fingerprint density at radius 3 is 2.15 bits per heavy atom. The van der Waals surface area contributed by atoms with Gasteiger partial charge >= 0.3 is 11.9 Å². The number of fused-ring (bicyclic) bond motifs is 1. The van der Waals surface area contributed by atoms with Gasteiger partial charge in [0.15, 0.2) is 41.5 Å². The van der Waals surface area contributed by atoms with Crippen molar-refractivity contribution in [1.29, 1.82) is 0 Å². The van der Waals surface area contributed by atoms with Crippen LogP contribution in [0.25, 0.3) is 11.2 Å². The molecule has 0 aliphatic carbocycles. The molecule has 0 radical (unpaired) electrons. The predicted octanol–water partition coefficient (Wildman–Crippen LogP) is 4.22. The molecular weight excluding hydrogens is 705 g/mol. The van der Waals surface area contributed by atoms with Gasteiger partial charge in [0.05, 0.1) is 18.6 Å². The first-order chi connectivity index (χ1) is 25.4. The summed E-state index contributed by atoms with van der Waals surface area (Å²) in [5, 5.41) is 7.48. The number of aromatic nitrogens is 6. The minimum Gasteiger partial charge on any atom is -0.455 e. The number of carbonyl (C=O) groups is 2. The molecule has 4 unspecified atom stereocenters. The number of aryl methyl sites for hydroxylation is 1. The van der Waals surface area contributed by atoms with Crippen LogP contribution in [0.2, 0.25) is 0 Å². The van der Waals surface area contributed by atoms with Crippen LogP contribution < -0.4 is 10.0 Å². The van der Waals surface area contributed by atoms with Gasteiger partial charge in [-0.15, -0.1) is 0 Å². The fourth-order valence-corrected chi connectivity index (χ4v) is 7.60. The molecule has 3 aromatic heterocycles. The standard InChI is InChI=1S/C36H42N8O8S/c1-6-28-42-34(43-52-28)31-30(49-22(4)45)32(50-23(5)46)36(51-31)44-20-38-29-33(40-27(41-35(29)44)18-39-53(47,48)19-21(2)3)37-17-26(24-13-9-7-10-14-24)25-15-11-8-12-16-25/h7-16,20-21,26,30-32,36,39H,6,17-19H2,1-5H3,(H,37,40,41). The highest BCUT2D eigenvalue weighted by atomic mass is 32.2. The fraction of sp³-hybridized carbons (Fsp3) is 0.417. The molecule has 0 bridgehead atoms. The highest BCUT2D eigenvalue weighted by Crippen LogP contribution is 2.43. The number of imidazole rings is 1.